The molecule has 0 atom stereocenters. The Hall–Kier alpha value is -2.47. The van der Waals surface area contributed by atoms with E-state index >= 15 is 0 Å². The second kappa shape index (κ2) is 6.57. The molecule has 24 heavy (non-hydrogen) atoms. The van der Waals surface area contributed by atoms with E-state index < -0.39 is 18.0 Å². The third-order valence-corrected chi connectivity index (χ3v) is 4.54. The zero-order chi connectivity index (χ0) is 19.1. The molecule has 1 aromatic carbocycles. The van der Waals surface area contributed by atoms with E-state index in [9.17, 15) is 9.59 Å². The molecule has 1 amide bonds. The molecule has 6 heteroatoms. The molecule has 0 unspecified atom stereocenters. The Kier molecular flexibility index (Phi) is 3.81. The van der Waals surface area contributed by atoms with Gasteiger partial charge in [-0.05, 0) is 32.2 Å². The minimum atomic E-state index is -2.32. The van der Waals surface area contributed by atoms with Crippen LogP contribution in [0, 0.1) is 13.8 Å². The lowest BCUT2D eigenvalue weighted by Gasteiger charge is -2.09. The van der Waals surface area contributed by atoms with Crippen LogP contribution in [-0.4, -0.2) is 22.1 Å². The van der Waals surface area contributed by atoms with Gasteiger partial charge in [0, 0.05) is 39.2 Å². The Labute approximate surface area is 146 Å². The molecule has 0 aliphatic rings. The van der Waals surface area contributed by atoms with Crippen molar-refractivity contribution in [2.45, 2.75) is 25.2 Å². The van der Waals surface area contributed by atoms with Crippen LogP contribution in [0.5, 0.6) is 0 Å². The first-order valence-electron chi connectivity index (χ1n) is 8.43. The van der Waals surface area contributed by atoms with Crippen LogP contribution in [0.2, 0.25) is 0 Å². The number of hydrogen-bond acceptors (Lipinski definition) is 3. The molecule has 0 bridgehead atoms. The standard InChI is InChI=1S/C18H19N3O2S/c1-10-8-15(24-3)13(17(22)20-10)9-19-18(23)16-11(2)21-14-7-5-4-6-12(14)16/h4-8,21H,9H2,1-3H3,(H,19,23)(H,20,22)/i9D2. The zero-order valence-corrected chi connectivity index (χ0v) is 14.4. The summed E-state index contributed by atoms with van der Waals surface area (Å²) in [6, 6.07) is 9.02. The van der Waals surface area contributed by atoms with Gasteiger partial charge < -0.3 is 15.3 Å². The summed E-state index contributed by atoms with van der Waals surface area (Å²) in [5.41, 5.74) is 1.81. The van der Waals surface area contributed by atoms with Gasteiger partial charge in [-0.1, -0.05) is 18.2 Å². The van der Waals surface area contributed by atoms with Gasteiger partial charge >= 0.3 is 0 Å². The van der Waals surface area contributed by atoms with Crippen LogP contribution in [-0.2, 0) is 6.50 Å². The first-order chi connectivity index (χ1) is 12.2. The van der Waals surface area contributed by atoms with Crippen molar-refractivity contribution in [1.82, 2.24) is 15.3 Å². The Bertz CT molecular complexity index is 1060. The van der Waals surface area contributed by atoms with Gasteiger partial charge in [-0.25, -0.2) is 0 Å². The summed E-state index contributed by atoms with van der Waals surface area (Å²) in [5, 5.41) is 3.09. The number of hydrogen-bond donors (Lipinski definition) is 3. The monoisotopic (exact) mass is 343 g/mol. The van der Waals surface area contributed by atoms with Crippen molar-refractivity contribution in [1.29, 1.82) is 0 Å². The summed E-state index contributed by atoms with van der Waals surface area (Å²) in [7, 11) is 0. The van der Waals surface area contributed by atoms with Crippen LogP contribution < -0.4 is 10.9 Å². The van der Waals surface area contributed by atoms with Crippen molar-refractivity contribution >= 4 is 28.6 Å². The molecule has 0 spiro atoms. The van der Waals surface area contributed by atoms with Crippen LogP contribution in [0.15, 0.2) is 40.0 Å². The smallest absolute Gasteiger partial charge is 0.254 e. The van der Waals surface area contributed by atoms with E-state index in [-0.39, 0.29) is 5.56 Å². The number of carbonyl (C=O) groups is 1. The van der Waals surface area contributed by atoms with Gasteiger partial charge in [-0.2, -0.15) is 0 Å². The summed E-state index contributed by atoms with van der Waals surface area (Å²) >= 11 is 1.26. The third-order valence-electron chi connectivity index (χ3n) is 3.77. The van der Waals surface area contributed by atoms with Crippen LogP contribution in [0.25, 0.3) is 10.9 Å². The summed E-state index contributed by atoms with van der Waals surface area (Å²) in [5.74, 6) is -0.572. The van der Waals surface area contributed by atoms with E-state index in [2.05, 4.69) is 15.3 Å². The molecule has 5 nitrogen and oxygen atoms in total. The maximum absolute atomic E-state index is 12.8. The highest BCUT2D eigenvalue weighted by atomic mass is 32.2. The number of rotatable bonds is 4. The molecule has 3 N–H and O–H groups in total. The maximum atomic E-state index is 12.8. The molecule has 3 aromatic rings. The maximum Gasteiger partial charge on any atom is 0.254 e. The zero-order valence-electron chi connectivity index (χ0n) is 15.6. The number of carbonyl (C=O) groups excluding carboxylic acids is 1. The van der Waals surface area contributed by atoms with Gasteiger partial charge in [-0.3, -0.25) is 9.59 Å². The lowest BCUT2D eigenvalue weighted by atomic mass is 10.1. The minimum Gasteiger partial charge on any atom is -0.358 e. The molecule has 0 fully saturated rings. The van der Waals surface area contributed by atoms with Crippen molar-refractivity contribution in [2.24, 2.45) is 0 Å². The normalized spacial score (nSPS) is 12.8. The fourth-order valence-electron chi connectivity index (χ4n) is 2.69. The van der Waals surface area contributed by atoms with Gasteiger partial charge in [0.25, 0.3) is 11.5 Å². The number of aromatic nitrogens is 2. The molecule has 0 saturated heterocycles. The molecule has 0 saturated carbocycles. The molecule has 3 rings (SSSR count). The van der Waals surface area contributed by atoms with E-state index in [1.807, 2.05) is 18.2 Å². The van der Waals surface area contributed by atoms with Crippen LogP contribution in [0.1, 0.15) is 30.1 Å². The first kappa shape index (κ1) is 13.9. The number of thioether (sulfide) groups is 1. The number of aryl methyl sites for hydroxylation is 2. The van der Waals surface area contributed by atoms with Crippen molar-refractivity contribution in [3.8, 4) is 0 Å². The average Bonchev–Trinajstić information content (AvgIpc) is 2.88. The minimum absolute atomic E-state index is 0.0959. The van der Waals surface area contributed by atoms with Gasteiger partial charge in [0.1, 0.15) is 0 Å². The highest BCUT2D eigenvalue weighted by Gasteiger charge is 2.16. The second-order valence-electron chi connectivity index (χ2n) is 5.47. The van der Waals surface area contributed by atoms with E-state index in [0.29, 0.717) is 27.2 Å². The topological polar surface area (TPSA) is 77.8 Å². The lowest BCUT2D eigenvalue weighted by molar-refractivity contribution is 0.0951. The largest absolute Gasteiger partial charge is 0.358 e. The second-order valence-corrected chi connectivity index (χ2v) is 6.32. The van der Waals surface area contributed by atoms with Crippen LogP contribution >= 0.6 is 11.8 Å². The van der Waals surface area contributed by atoms with Crippen LogP contribution in [0.4, 0.5) is 0 Å². The molecular formula is C18H19N3O2S. The summed E-state index contributed by atoms with van der Waals surface area (Å²) in [4.78, 5) is 31.4. The Morgan fingerprint density at radius 3 is 2.79 bits per heavy atom. The van der Waals surface area contributed by atoms with Crippen molar-refractivity contribution < 1.29 is 7.54 Å². The van der Waals surface area contributed by atoms with E-state index in [0.717, 1.165) is 5.52 Å². The molecule has 2 aromatic heterocycles. The molecule has 124 valence electrons. The molecule has 0 radical (unpaired) electrons. The van der Waals surface area contributed by atoms with Gasteiger partial charge in [0.2, 0.25) is 0 Å². The van der Waals surface area contributed by atoms with E-state index in [1.54, 1.807) is 32.2 Å². The average molecular weight is 343 g/mol. The number of benzene rings is 1. The van der Waals surface area contributed by atoms with E-state index in [4.69, 9.17) is 2.74 Å². The molecular weight excluding hydrogens is 322 g/mol. The quantitative estimate of drug-likeness (QED) is 0.637. The van der Waals surface area contributed by atoms with Crippen molar-refractivity contribution in [2.75, 3.05) is 6.26 Å². The fourth-order valence-corrected chi connectivity index (χ4v) is 3.33. The number of amides is 1. The van der Waals surface area contributed by atoms with Crippen molar-refractivity contribution in [3.63, 3.8) is 0 Å². The number of pyridine rings is 1. The van der Waals surface area contributed by atoms with Gasteiger partial charge in [-0.15, -0.1) is 11.8 Å². The predicted octanol–water partition coefficient (Wildman–Crippen LogP) is 3.12. The number of H-pyrrole nitrogens is 2. The summed E-state index contributed by atoms with van der Waals surface area (Å²) in [6.07, 6.45) is 1.76. The molecule has 0 aliphatic carbocycles. The number of nitrogens with one attached hydrogen (secondary N) is 3. The van der Waals surface area contributed by atoms with Gasteiger partial charge in [0.15, 0.2) is 0 Å². The van der Waals surface area contributed by atoms with Gasteiger partial charge in [0.05, 0.1) is 8.30 Å². The fraction of sp³-hybridized carbons (Fsp3) is 0.222. The predicted molar refractivity (Wildman–Crippen MR) is 97.8 cm³/mol. The lowest BCUT2D eigenvalue weighted by Crippen LogP contribution is -2.28. The third kappa shape index (κ3) is 2.97. The Morgan fingerprint density at radius 2 is 2.04 bits per heavy atom. The summed E-state index contributed by atoms with van der Waals surface area (Å²) < 4.78 is 16.7. The molecule has 2 heterocycles. The SMILES string of the molecule is [2H]C([2H])(NC(=O)c1c(C)[nH]c2ccccc12)c1c(SC)cc(C)[nH]c1=O. The Morgan fingerprint density at radius 1 is 1.29 bits per heavy atom. The first-order valence-corrected chi connectivity index (χ1v) is 8.65. The number of para-hydroxylation sites is 1. The number of fused-ring (bicyclic) bond motifs is 1. The molecule has 0 aliphatic heterocycles. The van der Waals surface area contributed by atoms with Crippen molar-refractivity contribution in [3.05, 3.63) is 63.2 Å². The highest BCUT2D eigenvalue weighted by Crippen LogP contribution is 2.22. The number of aromatic amines is 2. The Balaban J connectivity index is 2.04. The highest BCUT2D eigenvalue weighted by molar-refractivity contribution is 7.98. The van der Waals surface area contributed by atoms with Crippen LogP contribution in [0.3, 0.4) is 0 Å². The van der Waals surface area contributed by atoms with E-state index in [1.165, 1.54) is 11.8 Å². The summed E-state index contributed by atoms with van der Waals surface area (Å²) in [6.45, 7) is 1.17.